The van der Waals surface area contributed by atoms with E-state index in [-0.39, 0.29) is 5.91 Å². The molecule has 1 unspecified atom stereocenters. The maximum atomic E-state index is 12.3. The zero-order valence-electron chi connectivity index (χ0n) is 15.6. The van der Waals surface area contributed by atoms with Crippen molar-refractivity contribution in [2.75, 3.05) is 27.3 Å². The van der Waals surface area contributed by atoms with E-state index in [0.29, 0.717) is 18.3 Å². The molecule has 0 bridgehead atoms. The van der Waals surface area contributed by atoms with Crippen LogP contribution in [-0.4, -0.2) is 49.0 Å². The summed E-state index contributed by atoms with van der Waals surface area (Å²) in [5, 5.41) is 10.9. The molecule has 1 aromatic carbocycles. The summed E-state index contributed by atoms with van der Waals surface area (Å²) < 4.78 is 7.16. The standard InChI is InChI=1S/C20H28N4O2/c1-21-20(25)19-17-14-16(22-11-13-26-2)8-9-18(17)24(23-19)12-10-15-6-4-3-5-7-15/h3-7,16,22H,8-14H2,1-2H3,(H,21,25). The Hall–Kier alpha value is -2.18. The number of nitrogens with zero attached hydrogens (tertiary/aromatic N) is 2. The SMILES string of the molecule is CNC(=O)c1nn(CCc2ccccc2)c2c1CC(NCCOC)CC2. The largest absolute Gasteiger partial charge is 0.383 e. The van der Waals surface area contributed by atoms with Crippen LogP contribution in [-0.2, 0) is 30.5 Å². The van der Waals surface area contributed by atoms with Gasteiger partial charge in [0.05, 0.1) is 6.61 Å². The lowest BCUT2D eigenvalue weighted by Gasteiger charge is -2.24. The number of amides is 1. The molecule has 0 fully saturated rings. The van der Waals surface area contributed by atoms with Crippen molar-refractivity contribution >= 4 is 5.91 Å². The number of nitrogens with one attached hydrogen (secondary N) is 2. The van der Waals surface area contributed by atoms with Gasteiger partial charge in [0.1, 0.15) is 0 Å². The van der Waals surface area contributed by atoms with E-state index in [1.54, 1.807) is 14.2 Å². The molecular weight excluding hydrogens is 328 g/mol. The summed E-state index contributed by atoms with van der Waals surface area (Å²) in [6.45, 7) is 2.32. The Labute approximate surface area is 154 Å². The lowest BCUT2D eigenvalue weighted by Crippen LogP contribution is -2.37. The molecule has 2 N–H and O–H groups in total. The minimum Gasteiger partial charge on any atom is -0.383 e. The molecule has 6 nitrogen and oxygen atoms in total. The number of carbonyl (C=O) groups excluding carboxylic acids is 1. The zero-order valence-corrected chi connectivity index (χ0v) is 15.6. The number of carbonyl (C=O) groups is 1. The van der Waals surface area contributed by atoms with E-state index in [0.717, 1.165) is 44.3 Å². The Bertz CT molecular complexity index is 727. The van der Waals surface area contributed by atoms with Gasteiger partial charge in [-0.25, -0.2) is 0 Å². The van der Waals surface area contributed by atoms with E-state index < -0.39 is 0 Å². The molecule has 6 heteroatoms. The first-order valence-electron chi connectivity index (χ1n) is 9.29. The molecule has 1 amide bonds. The predicted octanol–water partition coefficient (Wildman–Crippen LogP) is 1.58. The first-order valence-corrected chi connectivity index (χ1v) is 9.29. The molecular formula is C20H28N4O2. The normalized spacial score (nSPS) is 16.3. The van der Waals surface area contributed by atoms with Gasteiger partial charge in [-0.3, -0.25) is 9.48 Å². The van der Waals surface area contributed by atoms with Gasteiger partial charge in [-0.15, -0.1) is 0 Å². The summed E-state index contributed by atoms with van der Waals surface area (Å²) in [7, 11) is 3.37. The number of hydrogen-bond donors (Lipinski definition) is 2. The molecule has 2 aromatic rings. The highest BCUT2D eigenvalue weighted by molar-refractivity contribution is 5.93. The minimum absolute atomic E-state index is 0.0998. The van der Waals surface area contributed by atoms with Crippen LogP contribution < -0.4 is 10.6 Å². The van der Waals surface area contributed by atoms with Crippen LogP contribution in [0.2, 0.25) is 0 Å². The van der Waals surface area contributed by atoms with Gasteiger partial charge in [0.2, 0.25) is 0 Å². The van der Waals surface area contributed by atoms with Crippen molar-refractivity contribution in [1.29, 1.82) is 0 Å². The molecule has 0 saturated carbocycles. The summed E-state index contributed by atoms with van der Waals surface area (Å²) in [5.74, 6) is -0.0998. The Morgan fingerprint density at radius 1 is 1.35 bits per heavy atom. The average Bonchev–Trinajstić information content (AvgIpc) is 3.05. The first-order chi connectivity index (χ1) is 12.7. The Morgan fingerprint density at radius 2 is 2.15 bits per heavy atom. The third-order valence-corrected chi connectivity index (χ3v) is 4.98. The number of rotatable bonds is 8. The number of benzene rings is 1. The van der Waals surface area contributed by atoms with Crippen molar-refractivity contribution in [3.05, 3.63) is 52.8 Å². The van der Waals surface area contributed by atoms with Crippen LogP contribution in [0.4, 0.5) is 0 Å². The van der Waals surface area contributed by atoms with Gasteiger partial charge < -0.3 is 15.4 Å². The van der Waals surface area contributed by atoms with Gasteiger partial charge in [-0.1, -0.05) is 30.3 Å². The summed E-state index contributed by atoms with van der Waals surface area (Å²) in [4.78, 5) is 12.3. The molecule has 0 aliphatic heterocycles. The molecule has 0 saturated heterocycles. The fourth-order valence-corrected chi connectivity index (χ4v) is 3.59. The summed E-state index contributed by atoms with van der Waals surface area (Å²) in [5.41, 5.74) is 4.17. The highest BCUT2D eigenvalue weighted by Gasteiger charge is 2.28. The highest BCUT2D eigenvalue weighted by atomic mass is 16.5. The van der Waals surface area contributed by atoms with E-state index in [1.165, 1.54) is 11.3 Å². The highest BCUT2D eigenvalue weighted by Crippen LogP contribution is 2.25. The van der Waals surface area contributed by atoms with Gasteiger partial charge >= 0.3 is 0 Å². The molecule has 1 aromatic heterocycles. The number of methoxy groups -OCH3 is 1. The number of fused-ring (bicyclic) bond motifs is 1. The van der Waals surface area contributed by atoms with Gasteiger partial charge in [0.15, 0.2) is 5.69 Å². The Morgan fingerprint density at radius 3 is 2.88 bits per heavy atom. The van der Waals surface area contributed by atoms with E-state index >= 15 is 0 Å². The third kappa shape index (κ3) is 4.31. The Balaban J connectivity index is 1.76. The molecule has 3 rings (SSSR count). The fourth-order valence-electron chi connectivity index (χ4n) is 3.59. The maximum Gasteiger partial charge on any atom is 0.271 e. The average molecular weight is 356 g/mol. The van der Waals surface area contributed by atoms with Gasteiger partial charge in [-0.2, -0.15) is 5.10 Å². The minimum atomic E-state index is -0.0998. The molecule has 0 spiro atoms. The van der Waals surface area contributed by atoms with Crippen LogP contribution in [0.25, 0.3) is 0 Å². The maximum absolute atomic E-state index is 12.3. The number of hydrogen-bond acceptors (Lipinski definition) is 4. The molecule has 140 valence electrons. The lowest BCUT2D eigenvalue weighted by atomic mass is 9.91. The van der Waals surface area contributed by atoms with Gasteiger partial charge in [0, 0.05) is 44.5 Å². The van der Waals surface area contributed by atoms with Crippen molar-refractivity contribution in [2.45, 2.75) is 38.3 Å². The third-order valence-electron chi connectivity index (χ3n) is 4.98. The lowest BCUT2D eigenvalue weighted by molar-refractivity contribution is 0.0956. The van der Waals surface area contributed by atoms with E-state index in [4.69, 9.17) is 4.74 Å². The van der Waals surface area contributed by atoms with Crippen LogP contribution in [0, 0.1) is 0 Å². The van der Waals surface area contributed by atoms with Crippen LogP contribution in [0.1, 0.15) is 33.7 Å². The van der Waals surface area contributed by atoms with E-state index in [9.17, 15) is 4.79 Å². The smallest absolute Gasteiger partial charge is 0.271 e. The quantitative estimate of drug-likeness (QED) is 0.705. The molecule has 1 aliphatic carbocycles. The fraction of sp³-hybridized carbons (Fsp3) is 0.500. The zero-order chi connectivity index (χ0) is 18.4. The van der Waals surface area contributed by atoms with Crippen LogP contribution >= 0.6 is 0 Å². The summed E-state index contributed by atoms with van der Waals surface area (Å²) in [6.07, 6.45) is 3.75. The van der Waals surface area contributed by atoms with Crippen LogP contribution in [0.5, 0.6) is 0 Å². The molecule has 1 heterocycles. The van der Waals surface area contributed by atoms with Crippen molar-refractivity contribution in [2.24, 2.45) is 0 Å². The van der Waals surface area contributed by atoms with E-state index in [1.807, 2.05) is 10.7 Å². The monoisotopic (exact) mass is 356 g/mol. The summed E-state index contributed by atoms with van der Waals surface area (Å²) >= 11 is 0. The van der Waals surface area contributed by atoms with Crippen molar-refractivity contribution in [3.63, 3.8) is 0 Å². The molecule has 0 radical (unpaired) electrons. The second-order valence-corrected chi connectivity index (χ2v) is 6.70. The van der Waals surface area contributed by atoms with Crippen molar-refractivity contribution in [3.8, 4) is 0 Å². The van der Waals surface area contributed by atoms with E-state index in [2.05, 4.69) is 40.0 Å². The molecule has 1 atom stereocenters. The number of aryl methyl sites for hydroxylation is 2. The summed E-state index contributed by atoms with van der Waals surface area (Å²) in [6, 6.07) is 10.8. The second kappa shape index (κ2) is 8.96. The predicted molar refractivity (Wildman–Crippen MR) is 101 cm³/mol. The van der Waals surface area contributed by atoms with Crippen LogP contribution in [0.3, 0.4) is 0 Å². The Kier molecular flexibility index (Phi) is 6.41. The molecule has 1 aliphatic rings. The van der Waals surface area contributed by atoms with Gasteiger partial charge in [-0.05, 0) is 31.2 Å². The van der Waals surface area contributed by atoms with Crippen molar-refractivity contribution < 1.29 is 9.53 Å². The number of ether oxygens (including phenoxy) is 1. The second-order valence-electron chi connectivity index (χ2n) is 6.70. The van der Waals surface area contributed by atoms with Crippen molar-refractivity contribution in [1.82, 2.24) is 20.4 Å². The first kappa shape index (κ1) is 18.6. The number of aromatic nitrogens is 2. The molecule has 26 heavy (non-hydrogen) atoms. The van der Waals surface area contributed by atoms with Crippen LogP contribution in [0.15, 0.2) is 30.3 Å². The topological polar surface area (TPSA) is 68.2 Å². The van der Waals surface area contributed by atoms with Gasteiger partial charge in [0.25, 0.3) is 5.91 Å².